The zero-order valence-electron chi connectivity index (χ0n) is 8.90. The topological polar surface area (TPSA) is 9.23 Å². The molecule has 15 heavy (non-hydrogen) atoms. The van der Waals surface area contributed by atoms with Crippen molar-refractivity contribution in [1.82, 2.24) is 0 Å². The predicted octanol–water partition coefficient (Wildman–Crippen LogP) is 3.45. The summed E-state index contributed by atoms with van der Waals surface area (Å²) in [4.78, 5) is 0. The lowest BCUT2D eigenvalue weighted by Crippen LogP contribution is -2.09. The first-order valence-electron chi connectivity index (χ1n) is 4.70. The van der Waals surface area contributed by atoms with Crippen molar-refractivity contribution in [2.24, 2.45) is 5.92 Å². The number of benzene rings is 1. The van der Waals surface area contributed by atoms with Gasteiger partial charge in [-0.15, -0.1) is 0 Å². The summed E-state index contributed by atoms with van der Waals surface area (Å²) < 4.78 is 44.3. The molecule has 0 radical (unpaired) electrons. The maximum Gasteiger partial charge on any atom is 0.203 e. The molecule has 0 aromatic heterocycles. The van der Waals surface area contributed by atoms with Gasteiger partial charge >= 0.3 is 0 Å². The molecule has 0 saturated carbocycles. The molecule has 0 aliphatic carbocycles. The largest absolute Gasteiger partial charge is 0.487 e. The zero-order valence-corrected chi connectivity index (χ0v) is 8.90. The lowest BCUT2D eigenvalue weighted by atomic mass is 10.2. The van der Waals surface area contributed by atoms with Crippen LogP contribution in [0.3, 0.4) is 0 Å². The summed E-state index contributed by atoms with van der Waals surface area (Å²) in [7, 11) is 0. The van der Waals surface area contributed by atoms with Gasteiger partial charge in [-0.1, -0.05) is 13.8 Å². The van der Waals surface area contributed by atoms with Gasteiger partial charge in [0.1, 0.15) is 0 Å². The van der Waals surface area contributed by atoms with Crippen molar-refractivity contribution in [3.05, 3.63) is 29.1 Å². The van der Waals surface area contributed by atoms with Crippen LogP contribution in [0.2, 0.25) is 0 Å². The average Bonchev–Trinajstić information content (AvgIpc) is 2.14. The second kappa shape index (κ2) is 4.55. The van der Waals surface area contributed by atoms with Gasteiger partial charge in [0.05, 0.1) is 6.61 Å². The van der Waals surface area contributed by atoms with E-state index in [0.29, 0.717) is 0 Å². The third-order valence-corrected chi connectivity index (χ3v) is 1.86. The zero-order chi connectivity index (χ0) is 11.6. The minimum Gasteiger partial charge on any atom is -0.487 e. The van der Waals surface area contributed by atoms with Crippen molar-refractivity contribution in [1.29, 1.82) is 0 Å². The Bertz CT molecular complexity index is 335. The smallest absolute Gasteiger partial charge is 0.203 e. The number of halogens is 3. The summed E-state index contributed by atoms with van der Waals surface area (Å²) >= 11 is 0. The molecule has 0 fully saturated rings. The minimum absolute atomic E-state index is 0.0349. The van der Waals surface area contributed by atoms with Crippen LogP contribution in [-0.2, 0) is 0 Å². The second-order valence-electron chi connectivity index (χ2n) is 3.84. The van der Waals surface area contributed by atoms with E-state index in [2.05, 4.69) is 0 Å². The van der Waals surface area contributed by atoms with E-state index in [1.54, 1.807) is 0 Å². The molecule has 1 nitrogen and oxygen atoms in total. The first kappa shape index (κ1) is 11.9. The van der Waals surface area contributed by atoms with Gasteiger partial charge < -0.3 is 4.74 Å². The number of rotatable bonds is 3. The van der Waals surface area contributed by atoms with Crippen molar-refractivity contribution < 1.29 is 17.9 Å². The van der Waals surface area contributed by atoms with E-state index in [1.165, 1.54) is 6.92 Å². The van der Waals surface area contributed by atoms with Gasteiger partial charge in [-0.25, -0.2) is 8.78 Å². The first-order chi connectivity index (χ1) is 6.93. The summed E-state index contributed by atoms with van der Waals surface area (Å²) in [5, 5.41) is 0. The molecule has 4 heteroatoms. The van der Waals surface area contributed by atoms with Crippen LogP contribution in [0.1, 0.15) is 19.4 Å². The fraction of sp³-hybridized carbons (Fsp3) is 0.455. The van der Waals surface area contributed by atoms with E-state index >= 15 is 0 Å². The fourth-order valence-electron chi connectivity index (χ4n) is 1.08. The van der Waals surface area contributed by atoms with Crippen molar-refractivity contribution in [3.63, 3.8) is 0 Å². The Morgan fingerprint density at radius 3 is 2.33 bits per heavy atom. The molecule has 1 aromatic rings. The maximum absolute atomic E-state index is 13.4. The van der Waals surface area contributed by atoms with Gasteiger partial charge in [0, 0.05) is 0 Å². The molecule has 0 N–H and O–H groups in total. The van der Waals surface area contributed by atoms with E-state index in [4.69, 9.17) is 4.74 Å². The van der Waals surface area contributed by atoms with Gasteiger partial charge in [-0.05, 0) is 24.5 Å². The number of hydrogen-bond acceptors (Lipinski definition) is 1. The molecule has 0 bridgehead atoms. The van der Waals surface area contributed by atoms with Crippen LogP contribution in [0.5, 0.6) is 5.75 Å². The lowest BCUT2D eigenvalue weighted by molar-refractivity contribution is 0.242. The SMILES string of the molecule is Cc1cc(F)c(F)c(OCC(C)C)c1F. The Balaban J connectivity index is 3.04. The van der Waals surface area contributed by atoms with E-state index in [0.717, 1.165) is 6.07 Å². The summed E-state index contributed by atoms with van der Waals surface area (Å²) in [6.07, 6.45) is 0. The Hall–Kier alpha value is -1.19. The molecular weight excluding hydrogens is 205 g/mol. The quantitative estimate of drug-likeness (QED) is 0.706. The highest BCUT2D eigenvalue weighted by Gasteiger charge is 2.18. The molecule has 0 saturated heterocycles. The Labute approximate surface area is 86.9 Å². The third-order valence-electron chi connectivity index (χ3n) is 1.86. The molecule has 0 aliphatic rings. The highest BCUT2D eigenvalue weighted by atomic mass is 19.2. The monoisotopic (exact) mass is 218 g/mol. The van der Waals surface area contributed by atoms with Gasteiger partial charge in [0.25, 0.3) is 0 Å². The van der Waals surface area contributed by atoms with Crippen molar-refractivity contribution >= 4 is 0 Å². The molecule has 1 rings (SSSR count). The molecule has 0 spiro atoms. The summed E-state index contributed by atoms with van der Waals surface area (Å²) in [6.45, 7) is 5.18. The third kappa shape index (κ3) is 2.64. The highest BCUT2D eigenvalue weighted by molar-refractivity contribution is 5.33. The van der Waals surface area contributed by atoms with Crippen LogP contribution in [0.25, 0.3) is 0 Å². The predicted molar refractivity (Wildman–Crippen MR) is 51.4 cm³/mol. The summed E-state index contributed by atoms with van der Waals surface area (Å²) in [5.74, 6) is -3.70. The first-order valence-corrected chi connectivity index (χ1v) is 4.70. The Kier molecular flexibility index (Phi) is 3.61. The van der Waals surface area contributed by atoms with Crippen LogP contribution >= 0.6 is 0 Å². The highest BCUT2D eigenvalue weighted by Crippen LogP contribution is 2.27. The number of hydrogen-bond donors (Lipinski definition) is 0. The van der Waals surface area contributed by atoms with E-state index < -0.39 is 23.2 Å². The van der Waals surface area contributed by atoms with E-state index in [9.17, 15) is 13.2 Å². The van der Waals surface area contributed by atoms with Crippen LogP contribution in [0, 0.1) is 30.3 Å². The van der Waals surface area contributed by atoms with Gasteiger partial charge in [0.2, 0.25) is 5.82 Å². The summed E-state index contributed by atoms with van der Waals surface area (Å²) in [5.41, 5.74) is 0.0349. The normalized spacial score (nSPS) is 10.9. The standard InChI is InChI=1S/C11H13F3O/c1-6(2)5-15-11-9(13)7(3)4-8(12)10(11)14/h4,6H,5H2,1-3H3. The molecule has 1 aromatic carbocycles. The van der Waals surface area contributed by atoms with Crippen LogP contribution in [-0.4, -0.2) is 6.61 Å². The van der Waals surface area contributed by atoms with Crippen LogP contribution < -0.4 is 4.74 Å². The minimum atomic E-state index is -1.27. The van der Waals surface area contributed by atoms with E-state index in [1.807, 2.05) is 13.8 Å². The van der Waals surface area contributed by atoms with Gasteiger partial charge in [-0.2, -0.15) is 4.39 Å². The van der Waals surface area contributed by atoms with Crippen molar-refractivity contribution in [2.45, 2.75) is 20.8 Å². The maximum atomic E-state index is 13.4. The molecule has 84 valence electrons. The fourth-order valence-corrected chi connectivity index (χ4v) is 1.08. The molecule has 0 heterocycles. The van der Waals surface area contributed by atoms with Crippen molar-refractivity contribution in [2.75, 3.05) is 6.61 Å². The Morgan fingerprint density at radius 1 is 1.20 bits per heavy atom. The van der Waals surface area contributed by atoms with Crippen molar-refractivity contribution in [3.8, 4) is 5.75 Å². The van der Waals surface area contributed by atoms with Crippen LogP contribution in [0.4, 0.5) is 13.2 Å². The lowest BCUT2D eigenvalue weighted by Gasteiger charge is -2.11. The molecular formula is C11H13F3O. The van der Waals surface area contributed by atoms with Gasteiger partial charge in [0.15, 0.2) is 17.4 Å². The molecule has 0 unspecified atom stereocenters. The van der Waals surface area contributed by atoms with E-state index in [-0.39, 0.29) is 18.1 Å². The average molecular weight is 218 g/mol. The van der Waals surface area contributed by atoms with Gasteiger partial charge in [-0.3, -0.25) is 0 Å². The molecule has 0 aliphatic heterocycles. The number of aryl methyl sites for hydroxylation is 1. The molecule has 0 amide bonds. The Morgan fingerprint density at radius 2 is 1.80 bits per heavy atom. The second-order valence-corrected chi connectivity index (χ2v) is 3.84. The van der Waals surface area contributed by atoms with Crippen LogP contribution in [0.15, 0.2) is 6.07 Å². The molecule has 0 atom stereocenters. The summed E-state index contributed by atoms with van der Waals surface area (Å²) in [6, 6.07) is 0.812. The number of ether oxygens (including phenoxy) is 1.